The van der Waals surface area contributed by atoms with E-state index in [1.54, 1.807) is 6.20 Å². The Labute approximate surface area is 155 Å². The van der Waals surface area contributed by atoms with Crippen molar-refractivity contribution in [2.45, 2.75) is 24.9 Å². The molecule has 0 spiro atoms. The molecule has 0 radical (unpaired) electrons. The van der Waals surface area contributed by atoms with Crippen LogP contribution in [0.4, 0.5) is 29.5 Å². The zero-order valence-electron chi connectivity index (χ0n) is 13.6. The first-order valence-corrected chi connectivity index (χ1v) is 8.38. The standard InChI is InChI=1S/C17H12ClF3N4O2/c18-13-7-14(25-15(23-13)12(8-22-25)9-4-5-9)24(16(26)27)11-3-1-2-10(6-11)17(19,20)21/h1-3,6-9H,4-5H2,(H,26,27). The number of fused-ring (bicyclic) bond motifs is 1. The average Bonchev–Trinajstić information content (AvgIpc) is 3.34. The van der Waals surface area contributed by atoms with Crippen LogP contribution in [0, 0.1) is 0 Å². The van der Waals surface area contributed by atoms with Crippen molar-refractivity contribution >= 4 is 34.8 Å². The van der Waals surface area contributed by atoms with Crippen LogP contribution in [0.2, 0.25) is 5.15 Å². The first kappa shape index (κ1) is 17.6. The summed E-state index contributed by atoms with van der Waals surface area (Å²) in [5, 5.41) is 13.9. The second-order valence-electron chi connectivity index (χ2n) is 6.21. The van der Waals surface area contributed by atoms with E-state index in [2.05, 4.69) is 10.1 Å². The molecule has 140 valence electrons. The molecule has 3 aromatic rings. The van der Waals surface area contributed by atoms with Crippen molar-refractivity contribution in [3.63, 3.8) is 0 Å². The molecule has 0 atom stereocenters. The SMILES string of the molecule is O=C(O)N(c1cccc(C(F)(F)F)c1)c1cc(Cl)nc2c(C3CC3)cnn12. The molecule has 0 saturated heterocycles. The van der Waals surface area contributed by atoms with E-state index in [0.29, 0.717) is 10.5 Å². The second-order valence-corrected chi connectivity index (χ2v) is 6.60. The molecule has 1 fully saturated rings. The number of anilines is 2. The molecule has 1 amide bonds. The van der Waals surface area contributed by atoms with E-state index in [0.717, 1.165) is 36.6 Å². The third-order valence-electron chi connectivity index (χ3n) is 4.32. The van der Waals surface area contributed by atoms with E-state index in [1.165, 1.54) is 16.6 Å². The maximum atomic E-state index is 13.0. The molecular weight excluding hydrogens is 385 g/mol. The summed E-state index contributed by atoms with van der Waals surface area (Å²) in [4.78, 5) is 16.8. The van der Waals surface area contributed by atoms with Gasteiger partial charge in [-0.05, 0) is 37.0 Å². The fourth-order valence-electron chi connectivity index (χ4n) is 2.94. The van der Waals surface area contributed by atoms with Crippen LogP contribution in [0.3, 0.4) is 0 Å². The molecule has 2 heterocycles. The maximum Gasteiger partial charge on any atom is 0.417 e. The van der Waals surface area contributed by atoms with Gasteiger partial charge in [-0.25, -0.2) is 14.7 Å². The summed E-state index contributed by atoms with van der Waals surface area (Å²) in [5.74, 6) is 0.275. The Hall–Kier alpha value is -2.81. The molecule has 2 aromatic heterocycles. The summed E-state index contributed by atoms with van der Waals surface area (Å²) >= 11 is 6.07. The number of carbonyl (C=O) groups is 1. The molecule has 1 aliphatic carbocycles. The minimum absolute atomic E-state index is 0.0104. The zero-order chi connectivity index (χ0) is 19.3. The van der Waals surface area contributed by atoms with Crippen LogP contribution in [0.1, 0.15) is 29.9 Å². The number of alkyl halides is 3. The minimum atomic E-state index is -4.60. The maximum absolute atomic E-state index is 13.0. The molecular formula is C17H12ClF3N4O2. The van der Waals surface area contributed by atoms with Crippen LogP contribution < -0.4 is 4.90 Å². The van der Waals surface area contributed by atoms with Crippen LogP contribution in [-0.2, 0) is 6.18 Å². The van der Waals surface area contributed by atoms with Crippen molar-refractivity contribution in [2.75, 3.05) is 4.90 Å². The number of nitrogens with zero attached hydrogens (tertiary/aromatic N) is 4. The van der Waals surface area contributed by atoms with Gasteiger partial charge in [0.15, 0.2) is 5.65 Å². The summed E-state index contributed by atoms with van der Waals surface area (Å²) in [5.41, 5.74) is 0.109. The monoisotopic (exact) mass is 396 g/mol. The Bertz CT molecular complexity index is 1050. The van der Waals surface area contributed by atoms with Gasteiger partial charge in [0, 0.05) is 11.6 Å². The highest BCUT2D eigenvalue weighted by molar-refractivity contribution is 6.29. The second kappa shape index (κ2) is 6.12. The van der Waals surface area contributed by atoms with Gasteiger partial charge in [0.05, 0.1) is 17.4 Å². The lowest BCUT2D eigenvalue weighted by molar-refractivity contribution is -0.137. The average molecular weight is 397 g/mol. The molecule has 0 aliphatic heterocycles. The normalized spacial score (nSPS) is 14.5. The van der Waals surface area contributed by atoms with Crippen LogP contribution in [-0.4, -0.2) is 25.8 Å². The van der Waals surface area contributed by atoms with Crippen LogP contribution in [0.5, 0.6) is 0 Å². The van der Waals surface area contributed by atoms with Crippen molar-refractivity contribution in [1.29, 1.82) is 0 Å². The minimum Gasteiger partial charge on any atom is -0.464 e. The van der Waals surface area contributed by atoms with E-state index in [-0.39, 0.29) is 22.6 Å². The smallest absolute Gasteiger partial charge is 0.417 e. The third kappa shape index (κ3) is 3.18. The largest absolute Gasteiger partial charge is 0.464 e. The van der Waals surface area contributed by atoms with Crippen molar-refractivity contribution in [1.82, 2.24) is 14.6 Å². The van der Waals surface area contributed by atoms with Gasteiger partial charge in [-0.1, -0.05) is 17.7 Å². The molecule has 1 aromatic carbocycles. The lowest BCUT2D eigenvalue weighted by atomic mass is 10.2. The van der Waals surface area contributed by atoms with Gasteiger partial charge in [-0.3, -0.25) is 0 Å². The van der Waals surface area contributed by atoms with E-state index in [1.807, 2.05) is 0 Å². The van der Waals surface area contributed by atoms with Crippen molar-refractivity contribution < 1.29 is 23.1 Å². The van der Waals surface area contributed by atoms with Crippen molar-refractivity contribution in [3.8, 4) is 0 Å². The van der Waals surface area contributed by atoms with Gasteiger partial charge >= 0.3 is 12.3 Å². The van der Waals surface area contributed by atoms with E-state index < -0.39 is 17.8 Å². The third-order valence-corrected chi connectivity index (χ3v) is 4.51. The van der Waals surface area contributed by atoms with Gasteiger partial charge in [-0.2, -0.15) is 22.8 Å². The fraction of sp³-hybridized carbons (Fsp3) is 0.235. The number of rotatable bonds is 3. The Morgan fingerprint density at radius 3 is 2.67 bits per heavy atom. The molecule has 6 nitrogen and oxygen atoms in total. The van der Waals surface area contributed by atoms with E-state index in [9.17, 15) is 23.1 Å². The number of aromatic nitrogens is 3. The Kier molecular flexibility index (Phi) is 3.99. The summed E-state index contributed by atoms with van der Waals surface area (Å²) in [6, 6.07) is 5.31. The number of halogens is 4. The van der Waals surface area contributed by atoms with Crippen molar-refractivity contribution in [3.05, 3.63) is 52.8 Å². The van der Waals surface area contributed by atoms with Crippen LogP contribution >= 0.6 is 11.6 Å². The van der Waals surface area contributed by atoms with Gasteiger partial charge in [0.25, 0.3) is 0 Å². The molecule has 1 aliphatic rings. The predicted molar refractivity (Wildman–Crippen MR) is 91.6 cm³/mol. The molecule has 10 heteroatoms. The summed E-state index contributed by atoms with van der Waals surface area (Å²) in [7, 11) is 0. The van der Waals surface area contributed by atoms with Gasteiger partial charge in [0.1, 0.15) is 11.0 Å². The number of benzene rings is 1. The first-order chi connectivity index (χ1) is 12.8. The topological polar surface area (TPSA) is 70.7 Å². The molecule has 1 N–H and O–H groups in total. The van der Waals surface area contributed by atoms with E-state index in [4.69, 9.17) is 11.6 Å². The Morgan fingerprint density at radius 1 is 1.30 bits per heavy atom. The molecule has 0 unspecified atom stereocenters. The number of hydrogen-bond donors (Lipinski definition) is 1. The van der Waals surface area contributed by atoms with E-state index >= 15 is 0 Å². The van der Waals surface area contributed by atoms with Gasteiger partial charge < -0.3 is 5.11 Å². The molecule has 27 heavy (non-hydrogen) atoms. The molecule has 0 bridgehead atoms. The van der Waals surface area contributed by atoms with Gasteiger partial charge in [-0.15, -0.1) is 0 Å². The van der Waals surface area contributed by atoms with Crippen LogP contribution in [0.15, 0.2) is 36.5 Å². The first-order valence-electron chi connectivity index (χ1n) is 8.00. The number of carboxylic acid groups (broad SMARTS) is 1. The lowest BCUT2D eigenvalue weighted by Crippen LogP contribution is -2.26. The summed E-state index contributed by atoms with van der Waals surface area (Å²) in [6.07, 6.45) is -2.54. The Morgan fingerprint density at radius 2 is 2.04 bits per heavy atom. The highest BCUT2D eigenvalue weighted by Crippen LogP contribution is 2.42. The number of hydrogen-bond acceptors (Lipinski definition) is 3. The fourth-order valence-corrected chi connectivity index (χ4v) is 3.12. The highest BCUT2D eigenvalue weighted by Gasteiger charge is 2.33. The molecule has 4 rings (SSSR count). The highest BCUT2D eigenvalue weighted by atomic mass is 35.5. The van der Waals surface area contributed by atoms with Crippen molar-refractivity contribution in [2.24, 2.45) is 0 Å². The summed E-state index contributed by atoms with van der Waals surface area (Å²) < 4.78 is 40.4. The predicted octanol–water partition coefficient (Wildman–Crippen LogP) is 5.10. The summed E-state index contributed by atoms with van der Waals surface area (Å²) in [6.45, 7) is 0. The van der Waals surface area contributed by atoms with Gasteiger partial charge in [0.2, 0.25) is 0 Å². The Balaban J connectivity index is 1.90. The quantitative estimate of drug-likeness (QED) is 0.625. The lowest BCUT2D eigenvalue weighted by Gasteiger charge is -2.21. The number of amides is 1. The van der Waals surface area contributed by atoms with Crippen LogP contribution in [0.25, 0.3) is 5.65 Å². The zero-order valence-corrected chi connectivity index (χ0v) is 14.4. The molecule has 1 saturated carbocycles.